The molecule has 2 aliphatic rings. The molecular weight excluding hydrogens is 464 g/mol. The molecule has 8 heteroatoms. The van der Waals surface area contributed by atoms with Crippen molar-refractivity contribution in [3.05, 3.63) is 102 Å². The van der Waals surface area contributed by atoms with Crippen molar-refractivity contribution in [2.45, 2.75) is 30.3 Å². The predicted octanol–water partition coefficient (Wildman–Crippen LogP) is 4.47. The number of sulfonamides is 1. The molecule has 2 fully saturated rings. The number of rotatable bonds is 5. The number of ether oxygens (including phenoxy) is 1. The van der Waals surface area contributed by atoms with E-state index in [1.807, 2.05) is 67.6 Å². The van der Waals surface area contributed by atoms with Gasteiger partial charge in [-0.3, -0.25) is 4.79 Å². The fourth-order valence-electron chi connectivity index (χ4n) is 4.95. The summed E-state index contributed by atoms with van der Waals surface area (Å²) in [5, 5.41) is 0. The smallest absolute Gasteiger partial charge is 0.417 e. The summed E-state index contributed by atoms with van der Waals surface area (Å²) in [6, 6.07) is 23.8. The maximum absolute atomic E-state index is 13.9. The Morgan fingerprint density at radius 1 is 0.886 bits per heavy atom. The van der Waals surface area contributed by atoms with Gasteiger partial charge in [-0.25, -0.2) is 18.1 Å². The highest BCUT2D eigenvalue weighted by Crippen LogP contribution is 2.43. The quantitative estimate of drug-likeness (QED) is 0.527. The Kier molecular flexibility index (Phi) is 6.17. The van der Waals surface area contributed by atoms with E-state index in [4.69, 9.17) is 4.74 Å². The van der Waals surface area contributed by atoms with E-state index >= 15 is 0 Å². The lowest BCUT2D eigenvalue weighted by Crippen LogP contribution is -2.41. The predicted molar refractivity (Wildman–Crippen MR) is 130 cm³/mol. The van der Waals surface area contributed by atoms with Crippen molar-refractivity contribution in [2.24, 2.45) is 5.92 Å². The zero-order chi connectivity index (χ0) is 24.6. The maximum atomic E-state index is 13.9. The molecule has 0 spiro atoms. The van der Waals surface area contributed by atoms with Crippen LogP contribution in [-0.4, -0.2) is 42.8 Å². The zero-order valence-corrected chi connectivity index (χ0v) is 20.1. The van der Waals surface area contributed by atoms with E-state index in [1.54, 1.807) is 24.3 Å². The monoisotopic (exact) mass is 490 g/mol. The minimum absolute atomic E-state index is 0.0721. The van der Waals surface area contributed by atoms with Gasteiger partial charge in [0.15, 0.2) is 0 Å². The van der Waals surface area contributed by atoms with Crippen LogP contribution in [0.5, 0.6) is 0 Å². The SMILES string of the molecule is Cc1ccc(S(=O)(=O)N2CC[C@@H](C(=O)N3C(=O)OC[C@@H]3c3ccccc3)[C@H]2c2ccccc2)cc1. The van der Waals surface area contributed by atoms with Crippen LogP contribution in [0, 0.1) is 12.8 Å². The molecule has 3 atom stereocenters. The Balaban J connectivity index is 1.53. The lowest BCUT2D eigenvalue weighted by molar-refractivity contribution is -0.134. The van der Waals surface area contributed by atoms with Gasteiger partial charge in [0.2, 0.25) is 15.9 Å². The molecular formula is C27H26N2O5S. The Morgan fingerprint density at radius 3 is 2.11 bits per heavy atom. The second-order valence-corrected chi connectivity index (χ2v) is 10.8. The van der Waals surface area contributed by atoms with Gasteiger partial charge in [0.1, 0.15) is 12.6 Å². The molecule has 180 valence electrons. The van der Waals surface area contributed by atoms with Crippen LogP contribution < -0.4 is 0 Å². The summed E-state index contributed by atoms with van der Waals surface area (Å²) in [6.07, 6.45) is -0.398. The Labute approximate surface area is 205 Å². The number of benzene rings is 3. The molecule has 0 radical (unpaired) electrons. The summed E-state index contributed by atoms with van der Waals surface area (Å²) in [4.78, 5) is 27.9. The number of carbonyl (C=O) groups excluding carboxylic acids is 2. The third kappa shape index (κ3) is 4.24. The van der Waals surface area contributed by atoms with Gasteiger partial charge in [0.25, 0.3) is 0 Å². The van der Waals surface area contributed by atoms with Crippen molar-refractivity contribution in [3.63, 3.8) is 0 Å². The number of nitrogens with zero attached hydrogens (tertiary/aromatic N) is 2. The van der Waals surface area contributed by atoms with Crippen LogP contribution in [0.15, 0.2) is 89.8 Å². The van der Waals surface area contributed by atoms with E-state index in [-0.39, 0.29) is 18.0 Å². The second kappa shape index (κ2) is 9.28. The highest BCUT2D eigenvalue weighted by Gasteiger charge is 2.50. The number of carbonyl (C=O) groups is 2. The standard InChI is InChI=1S/C27H26N2O5S/c1-19-12-14-22(15-13-19)35(32,33)28-17-16-23(25(28)21-10-6-3-7-11-21)26(30)29-24(18-34-27(29)31)20-8-4-2-5-9-20/h2-15,23-25H,16-18H2,1H3/t23-,24-,25-/m1/s1. The highest BCUT2D eigenvalue weighted by molar-refractivity contribution is 7.89. The van der Waals surface area contributed by atoms with Crippen molar-refractivity contribution in [2.75, 3.05) is 13.2 Å². The number of hydrogen-bond acceptors (Lipinski definition) is 5. The van der Waals surface area contributed by atoms with E-state index in [0.29, 0.717) is 12.0 Å². The third-order valence-corrected chi connectivity index (χ3v) is 8.63. The summed E-state index contributed by atoms with van der Waals surface area (Å²) in [6.45, 7) is 2.14. The molecule has 0 aliphatic carbocycles. The summed E-state index contributed by atoms with van der Waals surface area (Å²) >= 11 is 0. The van der Waals surface area contributed by atoms with Crippen molar-refractivity contribution in [1.29, 1.82) is 0 Å². The van der Waals surface area contributed by atoms with Crippen LogP contribution >= 0.6 is 0 Å². The van der Waals surface area contributed by atoms with Gasteiger partial charge in [-0.2, -0.15) is 4.31 Å². The maximum Gasteiger partial charge on any atom is 0.417 e. The molecule has 5 rings (SSSR count). The van der Waals surface area contributed by atoms with E-state index in [0.717, 1.165) is 16.0 Å². The van der Waals surface area contributed by atoms with E-state index in [9.17, 15) is 18.0 Å². The number of cyclic esters (lactones) is 1. The first-order valence-electron chi connectivity index (χ1n) is 11.6. The molecule has 2 heterocycles. The molecule has 35 heavy (non-hydrogen) atoms. The van der Waals surface area contributed by atoms with Crippen molar-refractivity contribution in [1.82, 2.24) is 9.21 Å². The minimum atomic E-state index is -3.88. The molecule has 0 aromatic heterocycles. The topological polar surface area (TPSA) is 84.0 Å². The normalized spacial score (nSPS) is 22.8. The number of hydrogen-bond donors (Lipinski definition) is 0. The third-order valence-electron chi connectivity index (χ3n) is 6.73. The van der Waals surface area contributed by atoms with E-state index in [1.165, 1.54) is 4.31 Å². The van der Waals surface area contributed by atoms with Gasteiger partial charge in [-0.1, -0.05) is 78.4 Å². The Hall–Kier alpha value is -3.49. The van der Waals surface area contributed by atoms with Gasteiger partial charge in [0.05, 0.1) is 16.9 Å². The summed E-state index contributed by atoms with van der Waals surface area (Å²) in [7, 11) is -3.88. The zero-order valence-electron chi connectivity index (χ0n) is 19.3. The number of amides is 2. The van der Waals surface area contributed by atoms with Gasteiger partial charge in [-0.05, 0) is 36.6 Å². The molecule has 2 saturated heterocycles. The number of imide groups is 1. The first-order valence-corrected chi connectivity index (χ1v) is 13.0. The average molecular weight is 491 g/mol. The molecule has 2 aliphatic heterocycles. The molecule has 3 aromatic carbocycles. The molecule has 2 amide bonds. The van der Waals surface area contributed by atoms with Crippen LogP contribution in [0.2, 0.25) is 0 Å². The van der Waals surface area contributed by atoms with Crippen LogP contribution in [-0.2, 0) is 19.6 Å². The molecule has 0 unspecified atom stereocenters. The van der Waals surface area contributed by atoms with Gasteiger partial charge in [0, 0.05) is 6.54 Å². The molecule has 3 aromatic rings. The molecule has 0 bridgehead atoms. The fraction of sp³-hybridized carbons (Fsp3) is 0.259. The second-order valence-electron chi connectivity index (χ2n) is 8.89. The van der Waals surface area contributed by atoms with Gasteiger partial charge in [-0.15, -0.1) is 0 Å². The summed E-state index contributed by atoms with van der Waals surface area (Å²) in [5.74, 6) is -1.15. The first kappa shape index (κ1) is 23.3. The lowest BCUT2D eigenvalue weighted by Gasteiger charge is -2.30. The molecule has 0 saturated carbocycles. The summed E-state index contributed by atoms with van der Waals surface area (Å²) in [5.41, 5.74) is 2.46. The minimum Gasteiger partial charge on any atom is -0.446 e. The largest absolute Gasteiger partial charge is 0.446 e. The van der Waals surface area contributed by atoms with Crippen LogP contribution in [0.3, 0.4) is 0 Å². The number of aryl methyl sites for hydroxylation is 1. The van der Waals surface area contributed by atoms with Crippen LogP contribution in [0.25, 0.3) is 0 Å². The molecule has 7 nitrogen and oxygen atoms in total. The van der Waals surface area contributed by atoms with Gasteiger partial charge < -0.3 is 4.74 Å². The Morgan fingerprint density at radius 2 is 1.49 bits per heavy atom. The molecule has 0 N–H and O–H groups in total. The van der Waals surface area contributed by atoms with E-state index in [2.05, 4.69) is 0 Å². The Bertz CT molecular complexity index is 1330. The van der Waals surface area contributed by atoms with Gasteiger partial charge >= 0.3 is 6.09 Å². The van der Waals surface area contributed by atoms with Crippen molar-refractivity contribution >= 4 is 22.0 Å². The summed E-state index contributed by atoms with van der Waals surface area (Å²) < 4.78 is 34.0. The van der Waals surface area contributed by atoms with Crippen molar-refractivity contribution < 1.29 is 22.7 Å². The average Bonchev–Trinajstić information content (AvgIpc) is 3.50. The van der Waals surface area contributed by atoms with E-state index < -0.39 is 40.0 Å². The fourth-order valence-corrected chi connectivity index (χ4v) is 6.62. The highest BCUT2D eigenvalue weighted by atomic mass is 32.2. The lowest BCUT2D eigenvalue weighted by atomic mass is 9.92. The first-order chi connectivity index (χ1) is 16.9. The van der Waals surface area contributed by atoms with Crippen molar-refractivity contribution in [3.8, 4) is 0 Å². The van der Waals surface area contributed by atoms with Crippen LogP contribution in [0.4, 0.5) is 4.79 Å². The van der Waals surface area contributed by atoms with Crippen LogP contribution in [0.1, 0.15) is 35.2 Å².